The van der Waals surface area contributed by atoms with Gasteiger partial charge in [-0.15, -0.1) is 0 Å². The Hall–Kier alpha value is -2.82. The van der Waals surface area contributed by atoms with Crippen molar-refractivity contribution in [3.63, 3.8) is 0 Å². The first-order valence-corrected chi connectivity index (χ1v) is 11.5. The molecule has 0 bridgehead atoms. The molecule has 3 amide bonds. The Labute approximate surface area is 185 Å². The van der Waals surface area contributed by atoms with Crippen molar-refractivity contribution in [3.05, 3.63) is 47.5 Å². The van der Waals surface area contributed by atoms with E-state index in [1.54, 1.807) is 24.0 Å². The number of nitrogens with zero attached hydrogens (tertiary/aromatic N) is 2. The van der Waals surface area contributed by atoms with Gasteiger partial charge in [-0.25, -0.2) is 13.2 Å². The van der Waals surface area contributed by atoms with Gasteiger partial charge in [0.05, 0.1) is 10.7 Å². The van der Waals surface area contributed by atoms with Gasteiger partial charge in [-0.3, -0.25) is 4.79 Å². The molecule has 4 rings (SSSR count). The van der Waals surface area contributed by atoms with Crippen LogP contribution in [0.2, 0.25) is 5.02 Å². The highest BCUT2D eigenvalue weighted by molar-refractivity contribution is 7.89. The molecule has 1 saturated heterocycles. The fraction of sp³-hybridized carbons (Fsp3) is 0.300. The normalized spacial score (nSPS) is 19.2. The Morgan fingerprint density at radius 3 is 2.52 bits per heavy atom. The van der Waals surface area contributed by atoms with Gasteiger partial charge in [-0.05, 0) is 25.1 Å². The van der Waals surface area contributed by atoms with E-state index >= 15 is 0 Å². The van der Waals surface area contributed by atoms with Crippen molar-refractivity contribution >= 4 is 44.9 Å². The van der Waals surface area contributed by atoms with E-state index in [-0.39, 0.29) is 53.8 Å². The van der Waals surface area contributed by atoms with E-state index in [4.69, 9.17) is 16.3 Å². The minimum Gasteiger partial charge on any atom is -0.479 e. The Balaban J connectivity index is 1.46. The number of ether oxygens (including phenoxy) is 1. The Morgan fingerprint density at radius 1 is 1.16 bits per heavy atom. The number of para-hydroxylation sites is 1. The van der Waals surface area contributed by atoms with Crippen LogP contribution in [0, 0.1) is 0 Å². The Bertz CT molecular complexity index is 1120. The van der Waals surface area contributed by atoms with Crippen LogP contribution in [-0.2, 0) is 14.8 Å². The van der Waals surface area contributed by atoms with Crippen LogP contribution in [0.5, 0.6) is 5.75 Å². The van der Waals surface area contributed by atoms with Gasteiger partial charge in [0.2, 0.25) is 10.0 Å². The lowest BCUT2D eigenvalue weighted by atomic mass is 10.2. The molecule has 0 saturated carbocycles. The van der Waals surface area contributed by atoms with E-state index in [0.717, 1.165) is 0 Å². The molecule has 2 N–H and O–H groups in total. The summed E-state index contributed by atoms with van der Waals surface area (Å²) in [6.45, 7) is 2.31. The summed E-state index contributed by atoms with van der Waals surface area (Å²) in [7, 11) is -3.91. The summed E-state index contributed by atoms with van der Waals surface area (Å²) in [6, 6.07) is 11.5. The number of carbonyl (C=O) groups is 2. The van der Waals surface area contributed by atoms with Gasteiger partial charge in [0.1, 0.15) is 10.6 Å². The molecule has 164 valence electrons. The largest absolute Gasteiger partial charge is 0.479 e. The van der Waals surface area contributed by atoms with E-state index < -0.39 is 16.1 Å². The van der Waals surface area contributed by atoms with Gasteiger partial charge < -0.3 is 20.3 Å². The van der Waals surface area contributed by atoms with Gasteiger partial charge in [0.25, 0.3) is 5.91 Å². The second kappa shape index (κ2) is 8.37. The number of nitrogens with one attached hydrogen (secondary N) is 2. The number of hydrogen-bond donors (Lipinski definition) is 2. The zero-order valence-electron chi connectivity index (χ0n) is 16.7. The smallest absolute Gasteiger partial charge is 0.321 e. The topological polar surface area (TPSA) is 108 Å². The lowest BCUT2D eigenvalue weighted by Crippen LogP contribution is -2.51. The van der Waals surface area contributed by atoms with E-state index in [1.807, 2.05) is 18.2 Å². The molecular formula is C20H21ClN4O5S. The summed E-state index contributed by atoms with van der Waals surface area (Å²) < 4.78 is 33.2. The summed E-state index contributed by atoms with van der Waals surface area (Å²) in [4.78, 5) is 25.7. The van der Waals surface area contributed by atoms with Gasteiger partial charge >= 0.3 is 6.03 Å². The van der Waals surface area contributed by atoms with E-state index in [9.17, 15) is 18.0 Å². The van der Waals surface area contributed by atoms with Gasteiger partial charge in [0.15, 0.2) is 6.10 Å². The summed E-state index contributed by atoms with van der Waals surface area (Å²) in [6.07, 6.45) is -0.740. The average Bonchev–Trinajstić information content (AvgIpc) is 2.75. The van der Waals surface area contributed by atoms with Crippen molar-refractivity contribution in [1.82, 2.24) is 9.21 Å². The summed E-state index contributed by atoms with van der Waals surface area (Å²) in [5.41, 5.74) is 0.999. The number of carbonyl (C=O) groups excluding carboxylic acids is 2. The lowest BCUT2D eigenvalue weighted by molar-refractivity contribution is -0.122. The predicted octanol–water partition coefficient (Wildman–Crippen LogP) is 2.60. The molecule has 2 aliphatic heterocycles. The molecule has 1 fully saturated rings. The standard InChI is InChI=1S/C20H21ClN4O5S/c1-13-19(26)23-16-11-15(21)18(12-17(16)30-13)31(28,29)25-9-7-24(8-10-25)20(27)22-14-5-3-2-4-6-14/h2-6,11-13H,7-10H2,1H3,(H,22,27)(H,23,26)/t13-/m0/s1. The average molecular weight is 465 g/mol. The molecule has 0 radical (unpaired) electrons. The third kappa shape index (κ3) is 4.32. The van der Waals surface area contributed by atoms with Gasteiger partial charge in [-0.2, -0.15) is 4.31 Å². The van der Waals surface area contributed by atoms with Crippen LogP contribution >= 0.6 is 11.6 Å². The zero-order chi connectivity index (χ0) is 22.2. The number of halogens is 1. The van der Waals surface area contributed by atoms with Crippen LogP contribution in [0.3, 0.4) is 0 Å². The van der Waals surface area contributed by atoms with Crippen LogP contribution in [-0.4, -0.2) is 61.8 Å². The van der Waals surface area contributed by atoms with Gasteiger partial charge in [0, 0.05) is 37.9 Å². The number of anilines is 2. The van der Waals surface area contributed by atoms with Crippen molar-refractivity contribution in [3.8, 4) is 5.75 Å². The number of sulfonamides is 1. The molecule has 0 aliphatic carbocycles. The molecule has 1 atom stereocenters. The number of benzene rings is 2. The maximum atomic E-state index is 13.2. The molecule has 0 spiro atoms. The zero-order valence-corrected chi connectivity index (χ0v) is 18.2. The van der Waals surface area contributed by atoms with Crippen molar-refractivity contribution in [1.29, 1.82) is 0 Å². The highest BCUT2D eigenvalue weighted by Crippen LogP contribution is 2.38. The lowest BCUT2D eigenvalue weighted by Gasteiger charge is -2.34. The Morgan fingerprint density at radius 2 is 1.84 bits per heavy atom. The van der Waals surface area contributed by atoms with Crippen LogP contribution in [0.4, 0.5) is 16.2 Å². The monoisotopic (exact) mass is 464 g/mol. The first-order chi connectivity index (χ1) is 14.8. The van der Waals surface area contributed by atoms with Crippen molar-refractivity contribution in [2.45, 2.75) is 17.9 Å². The van der Waals surface area contributed by atoms with Crippen LogP contribution in [0.25, 0.3) is 0 Å². The molecule has 2 aromatic carbocycles. The van der Waals surface area contributed by atoms with Crippen molar-refractivity contribution in [2.24, 2.45) is 0 Å². The quantitative estimate of drug-likeness (QED) is 0.725. The maximum Gasteiger partial charge on any atom is 0.321 e. The van der Waals surface area contributed by atoms with Gasteiger partial charge in [-0.1, -0.05) is 29.8 Å². The highest BCUT2D eigenvalue weighted by Gasteiger charge is 2.34. The van der Waals surface area contributed by atoms with Crippen molar-refractivity contribution < 1.29 is 22.7 Å². The predicted molar refractivity (Wildman–Crippen MR) is 116 cm³/mol. The first-order valence-electron chi connectivity index (χ1n) is 9.68. The first kappa shape index (κ1) is 21.4. The fourth-order valence-electron chi connectivity index (χ4n) is 3.40. The molecule has 2 aliphatic rings. The highest BCUT2D eigenvalue weighted by atomic mass is 35.5. The summed E-state index contributed by atoms with van der Waals surface area (Å²) >= 11 is 6.23. The number of piperazine rings is 1. The second-order valence-electron chi connectivity index (χ2n) is 7.22. The molecule has 9 nitrogen and oxygen atoms in total. The SMILES string of the molecule is C[C@@H]1Oc2cc(S(=O)(=O)N3CCN(C(=O)Nc4ccccc4)CC3)c(Cl)cc2NC1=O. The molecule has 31 heavy (non-hydrogen) atoms. The molecule has 2 heterocycles. The number of amides is 3. The third-order valence-electron chi connectivity index (χ3n) is 5.13. The molecule has 2 aromatic rings. The minimum atomic E-state index is -3.91. The number of fused-ring (bicyclic) bond motifs is 1. The summed E-state index contributed by atoms with van der Waals surface area (Å²) in [5, 5.41) is 5.42. The second-order valence-corrected chi connectivity index (χ2v) is 9.53. The third-order valence-corrected chi connectivity index (χ3v) is 7.50. The number of urea groups is 1. The van der Waals surface area contributed by atoms with Crippen LogP contribution in [0.15, 0.2) is 47.4 Å². The van der Waals surface area contributed by atoms with Crippen molar-refractivity contribution in [2.75, 3.05) is 36.8 Å². The Kier molecular flexibility index (Phi) is 5.78. The minimum absolute atomic E-state index is 0.0125. The van der Waals surface area contributed by atoms with E-state index in [0.29, 0.717) is 11.4 Å². The molecular weight excluding hydrogens is 444 g/mol. The van der Waals surface area contributed by atoms with E-state index in [2.05, 4.69) is 10.6 Å². The number of hydrogen-bond acceptors (Lipinski definition) is 5. The molecule has 11 heteroatoms. The number of rotatable bonds is 3. The molecule has 0 unspecified atom stereocenters. The fourth-order valence-corrected chi connectivity index (χ4v) is 5.34. The summed E-state index contributed by atoms with van der Waals surface area (Å²) in [5.74, 6) is -0.0833. The van der Waals surface area contributed by atoms with Crippen LogP contribution in [0.1, 0.15) is 6.92 Å². The van der Waals surface area contributed by atoms with Crippen LogP contribution < -0.4 is 15.4 Å². The molecule has 0 aromatic heterocycles. The van der Waals surface area contributed by atoms with E-state index in [1.165, 1.54) is 16.4 Å². The maximum absolute atomic E-state index is 13.2.